The van der Waals surface area contributed by atoms with E-state index in [1.54, 1.807) is 6.08 Å². The van der Waals surface area contributed by atoms with Gasteiger partial charge in [-0.3, -0.25) is 0 Å². The Morgan fingerprint density at radius 2 is 1.27 bits per heavy atom. The number of epoxide rings is 2. The molecule has 0 aromatic heterocycles. The Labute approximate surface area is 132 Å². The molecule has 2 aliphatic rings. The van der Waals surface area contributed by atoms with Crippen LogP contribution >= 0.6 is 0 Å². The second kappa shape index (κ2) is 16.8. The lowest BCUT2D eigenvalue weighted by atomic mass is 10.5. The fourth-order valence-electron chi connectivity index (χ4n) is 1.11. The molecule has 2 N–H and O–H groups in total. The molecule has 0 radical (unpaired) electrons. The molecule has 7 nitrogen and oxygen atoms in total. The van der Waals surface area contributed by atoms with E-state index in [0.29, 0.717) is 38.6 Å². The molecular weight excluding hydrogens is 292 g/mol. The minimum atomic E-state index is 0.0417. The van der Waals surface area contributed by atoms with Gasteiger partial charge in [0.1, 0.15) is 12.2 Å². The van der Waals surface area contributed by atoms with Crippen molar-refractivity contribution in [1.29, 1.82) is 0 Å². The number of aliphatic hydroxyl groups is 2. The van der Waals surface area contributed by atoms with Gasteiger partial charge in [-0.25, -0.2) is 0 Å². The monoisotopic (exact) mass is 322 g/mol. The van der Waals surface area contributed by atoms with Crippen molar-refractivity contribution in [3.63, 3.8) is 0 Å². The normalized spacial score (nSPS) is 21.0. The summed E-state index contributed by atoms with van der Waals surface area (Å²) in [5, 5.41) is 16.5. The van der Waals surface area contributed by atoms with E-state index in [9.17, 15) is 0 Å². The van der Waals surface area contributed by atoms with Gasteiger partial charge in [-0.2, -0.15) is 0 Å². The lowest BCUT2D eigenvalue weighted by molar-refractivity contribution is 0.0222. The molecule has 2 saturated heterocycles. The standard InChI is InChI=1S/C6H14O4.C6H10O3.C3H6/c7-1-3-9-5-6-10-4-2-8;1(5-3-8-5)7-2-6-4-9-6;1-3-2/h7-8H,1-6H2;5-6H,1-4H2;3H,1H2,2H3. The van der Waals surface area contributed by atoms with Gasteiger partial charge in [-0.15, -0.1) is 6.58 Å². The second-order valence-electron chi connectivity index (χ2n) is 4.53. The van der Waals surface area contributed by atoms with E-state index >= 15 is 0 Å². The summed E-state index contributed by atoms with van der Waals surface area (Å²) < 4.78 is 24.9. The maximum Gasteiger partial charge on any atom is 0.104 e. The van der Waals surface area contributed by atoms with Gasteiger partial charge in [0, 0.05) is 0 Å². The van der Waals surface area contributed by atoms with Crippen LogP contribution in [0, 0.1) is 0 Å². The van der Waals surface area contributed by atoms with Crippen LogP contribution in [0.15, 0.2) is 12.7 Å². The lowest BCUT2D eigenvalue weighted by Gasteiger charge is -2.01. The van der Waals surface area contributed by atoms with E-state index in [1.165, 1.54) is 0 Å². The summed E-state index contributed by atoms with van der Waals surface area (Å²) in [5.41, 5.74) is 0. The highest BCUT2D eigenvalue weighted by Crippen LogP contribution is 2.12. The number of allylic oxidation sites excluding steroid dienone is 1. The Balaban J connectivity index is 0.000000341. The summed E-state index contributed by atoms with van der Waals surface area (Å²) in [5.74, 6) is 0. The summed E-state index contributed by atoms with van der Waals surface area (Å²) >= 11 is 0. The van der Waals surface area contributed by atoms with Gasteiger partial charge in [-0.1, -0.05) is 6.08 Å². The third-order valence-corrected chi connectivity index (χ3v) is 2.26. The van der Waals surface area contributed by atoms with Crippen molar-refractivity contribution in [3.8, 4) is 0 Å². The fraction of sp³-hybridized carbons (Fsp3) is 0.867. The fourth-order valence-corrected chi connectivity index (χ4v) is 1.11. The second-order valence-corrected chi connectivity index (χ2v) is 4.53. The minimum absolute atomic E-state index is 0.0417. The van der Waals surface area contributed by atoms with E-state index in [-0.39, 0.29) is 13.2 Å². The number of aliphatic hydroxyl groups excluding tert-OH is 2. The van der Waals surface area contributed by atoms with Gasteiger partial charge in [0.15, 0.2) is 0 Å². The molecule has 0 aliphatic carbocycles. The Morgan fingerprint density at radius 1 is 0.909 bits per heavy atom. The summed E-state index contributed by atoms with van der Waals surface area (Å²) in [6.07, 6.45) is 2.53. The summed E-state index contributed by atoms with van der Waals surface area (Å²) in [7, 11) is 0. The molecule has 0 aromatic carbocycles. The quantitative estimate of drug-likeness (QED) is 0.314. The highest BCUT2D eigenvalue weighted by Gasteiger charge is 2.26. The maximum atomic E-state index is 8.26. The Bertz CT molecular complexity index is 210. The zero-order chi connectivity index (χ0) is 16.5. The highest BCUT2D eigenvalue weighted by molar-refractivity contribution is 4.71. The zero-order valence-corrected chi connectivity index (χ0v) is 13.4. The van der Waals surface area contributed by atoms with Crippen LogP contribution in [0.5, 0.6) is 0 Å². The molecule has 2 unspecified atom stereocenters. The molecule has 2 aliphatic heterocycles. The first-order valence-electron chi connectivity index (χ1n) is 7.53. The molecule has 0 aromatic rings. The predicted molar refractivity (Wildman–Crippen MR) is 82.0 cm³/mol. The summed E-state index contributed by atoms with van der Waals surface area (Å²) in [6, 6.07) is 0. The number of hydrogen-bond donors (Lipinski definition) is 2. The van der Waals surface area contributed by atoms with Crippen molar-refractivity contribution in [1.82, 2.24) is 0 Å². The Hall–Kier alpha value is -0.540. The van der Waals surface area contributed by atoms with Crippen molar-refractivity contribution in [2.75, 3.05) is 66.1 Å². The van der Waals surface area contributed by atoms with Crippen molar-refractivity contribution >= 4 is 0 Å². The molecule has 2 rings (SSSR count). The maximum absolute atomic E-state index is 8.26. The molecular formula is C15H30O7. The van der Waals surface area contributed by atoms with Crippen molar-refractivity contribution in [3.05, 3.63) is 12.7 Å². The smallest absolute Gasteiger partial charge is 0.104 e. The first-order valence-corrected chi connectivity index (χ1v) is 7.53. The molecule has 0 bridgehead atoms. The van der Waals surface area contributed by atoms with E-state index in [1.807, 2.05) is 6.92 Å². The van der Waals surface area contributed by atoms with Crippen LogP contribution in [-0.2, 0) is 23.7 Å². The Morgan fingerprint density at radius 3 is 1.55 bits per heavy atom. The lowest BCUT2D eigenvalue weighted by Crippen LogP contribution is -2.09. The molecule has 0 saturated carbocycles. The van der Waals surface area contributed by atoms with Crippen LogP contribution in [0.3, 0.4) is 0 Å². The first kappa shape index (κ1) is 21.5. The average Bonchev–Trinajstić information content (AvgIpc) is 3.39. The molecule has 22 heavy (non-hydrogen) atoms. The number of ether oxygens (including phenoxy) is 5. The van der Waals surface area contributed by atoms with Crippen molar-refractivity contribution in [2.24, 2.45) is 0 Å². The number of rotatable bonds is 11. The van der Waals surface area contributed by atoms with E-state index in [2.05, 4.69) is 6.58 Å². The number of hydrogen-bond acceptors (Lipinski definition) is 7. The molecule has 0 spiro atoms. The summed E-state index contributed by atoms with van der Waals surface area (Å²) in [4.78, 5) is 0. The largest absolute Gasteiger partial charge is 0.394 e. The van der Waals surface area contributed by atoms with E-state index in [4.69, 9.17) is 33.9 Å². The predicted octanol–water partition coefficient (Wildman–Crippen LogP) is -0.00290. The molecule has 132 valence electrons. The van der Waals surface area contributed by atoms with Crippen molar-refractivity contribution < 1.29 is 33.9 Å². The van der Waals surface area contributed by atoms with Gasteiger partial charge < -0.3 is 33.9 Å². The molecule has 2 heterocycles. The molecule has 2 fully saturated rings. The van der Waals surface area contributed by atoms with Gasteiger partial charge >= 0.3 is 0 Å². The third kappa shape index (κ3) is 19.5. The van der Waals surface area contributed by atoms with Crippen molar-refractivity contribution in [2.45, 2.75) is 19.1 Å². The third-order valence-electron chi connectivity index (χ3n) is 2.26. The van der Waals surface area contributed by atoms with Gasteiger partial charge in [-0.05, 0) is 6.92 Å². The molecule has 7 heteroatoms. The Kier molecular flexibility index (Phi) is 16.4. The van der Waals surface area contributed by atoms with Crippen LogP contribution in [0.4, 0.5) is 0 Å². The van der Waals surface area contributed by atoms with Crippen LogP contribution in [0.25, 0.3) is 0 Å². The van der Waals surface area contributed by atoms with Crippen LogP contribution in [0.2, 0.25) is 0 Å². The average molecular weight is 322 g/mol. The first-order chi connectivity index (χ1) is 10.8. The van der Waals surface area contributed by atoms with E-state index < -0.39 is 0 Å². The minimum Gasteiger partial charge on any atom is -0.394 e. The van der Waals surface area contributed by atoms with Crippen LogP contribution in [-0.4, -0.2) is 88.5 Å². The topological polar surface area (TPSA) is 93.2 Å². The highest BCUT2D eigenvalue weighted by atomic mass is 16.6. The van der Waals surface area contributed by atoms with Crippen LogP contribution < -0.4 is 0 Å². The molecule has 0 amide bonds. The summed E-state index contributed by atoms with van der Waals surface area (Å²) in [6.45, 7) is 10.2. The van der Waals surface area contributed by atoms with Gasteiger partial charge in [0.25, 0.3) is 0 Å². The van der Waals surface area contributed by atoms with E-state index in [0.717, 1.165) is 26.4 Å². The van der Waals surface area contributed by atoms with Gasteiger partial charge in [0.2, 0.25) is 0 Å². The zero-order valence-electron chi connectivity index (χ0n) is 13.4. The van der Waals surface area contributed by atoms with Gasteiger partial charge in [0.05, 0.1) is 66.1 Å². The molecule has 2 atom stereocenters. The van der Waals surface area contributed by atoms with Crippen LogP contribution in [0.1, 0.15) is 6.92 Å². The SMILES string of the molecule is C(OCC1CO1)C1CO1.C=CC.OCCOCCOCCO.